The highest BCUT2D eigenvalue weighted by Crippen LogP contribution is 2.31. The largest absolute Gasteiger partial charge is 0.491 e. The van der Waals surface area contributed by atoms with E-state index in [0.717, 1.165) is 23.4 Å². The molecule has 0 aliphatic rings. The molecule has 0 heterocycles. The summed E-state index contributed by atoms with van der Waals surface area (Å²) in [5.74, 6) is 0.758. The first-order valence-electron chi connectivity index (χ1n) is 7.80. The molecule has 0 unspecified atom stereocenters. The highest BCUT2D eigenvalue weighted by atomic mass is 16.5. The first kappa shape index (κ1) is 18.7. The van der Waals surface area contributed by atoms with Crippen molar-refractivity contribution in [1.82, 2.24) is 0 Å². The van der Waals surface area contributed by atoms with Gasteiger partial charge in [-0.2, -0.15) is 0 Å². The molecule has 5 nitrogen and oxygen atoms in total. The predicted octanol–water partition coefficient (Wildman–Crippen LogP) is 2.97. The van der Waals surface area contributed by atoms with Gasteiger partial charge in [0.05, 0.1) is 31.6 Å². The molecule has 126 valence electrons. The van der Waals surface area contributed by atoms with E-state index in [1.54, 1.807) is 7.11 Å². The van der Waals surface area contributed by atoms with Crippen molar-refractivity contribution in [3.05, 3.63) is 35.8 Å². The van der Waals surface area contributed by atoms with Crippen molar-refractivity contribution in [3.63, 3.8) is 0 Å². The lowest BCUT2D eigenvalue weighted by molar-refractivity contribution is -0.117. The number of ketones is 1. The van der Waals surface area contributed by atoms with Crippen LogP contribution in [0.1, 0.15) is 25.8 Å². The highest BCUT2D eigenvalue weighted by molar-refractivity contribution is 5.85. The van der Waals surface area contributed by atoms with E-state index in [2.05, 4.69) is 24.6 Å². The van der Waals surface area contributed by atoms with E-state index < -0.39 is 0 Å². The van der Waals surface area contributed by atoms with Gasteiger partial charge < -0.3 is 20.7 Å². The third-order valence-electron chi connectivity index (χ3n) is 3.78. The Kier molecular flexibility index (Phi) is 7.23. The van der Waals surface area contributed by atoms with Crippen molar-refractivity contribution < 1.29 is 9.53 Å². The van der Waals surface area contributed by atoms with Crippen molar-refractivity contribution in [3.8, 4) is 0 Å². The number of nitrogen functional groups attached to an aromatic ring is 1. The smallest absolute Gasteiger partial charge is 0.156 e. The molecule has 0 spiro atoms. The fraction of sp³-hybridized carbons (Fsp3) is 0.444. The molecule has 0 atom stereocenters. The number of rotatable bonds is 9. The first-order valence-corrected chi connectivity index (χ1v) is 7.80. The Bertz CT molecular complexity index is 605. The standard InChI is InChI=1S/C18H27N3O2/c1-6-13-9-16(19)17(20-4)10-18(13)21(11-14(22)7-2)12-15(8-3)23-5/h9-10,20H,3,6-7,11-12,19H2,1-2,4-5H3. The number of benzene rings is 1. The number of aryl methyl sites for hydroxylation is 1. The van der Waals surface area contributed by atoms with Crippen LogP contribution in [0.15, 0.2) is 30.2 Å². The maximum absolute atomic E-state index is 12.0. The summed E-state index contributed by atoms with van der Waals surface area (Å²) >= 11 is 0. The molecule has 5 heteroatoms. The van der Waals surface area contributed by atoms with Crippen LogP contribution in [0, 0.1) is 0 Å². The summed E-state index contributed by atoms with van der Waals surface area (Å²) in [7, 11) is 3.41. The van der Waals surface area contributed by atoms with E-state index >= 15 is 0 Å². The van der Waals surface area contributed by atoms with Gasteiger partial charge in [-0.25, -0.2) is 0 Å². The number of carbonyl (C=O) groups excluding carboxylic acids is 1. The molecule has 0 aliphatic heterocycles. The zero-order chi connectivity index (χ0) is 17.4. The second-order valence-corrected chi connectivity index (χ2v) is 5.22. The molecule has 0 saturated heterocycles. The summed E-state index contributed by atoms with van der Waals surface area (Å²) in [4.78, 5) is 14.0. The van der Waals surface area contributed by atoms with Crippen molar-refractivity contribution in [2.75, 3.05) is 43.2 Å². The molecule has 3 N–H and O–H groups in total. The number of carbonyl (C=O) groups is 1. The number of methoxy groups -OCH3 is 1. The third-order valence-corrected chi connectivity index (χ3v) is 3.78. The van der Waals surface area contributed by atoms with Gasteiger partial charge in [0.25, 0.3) is 0 Å². The summed E-state index contributed by atoms with van der Waals surface area (Å²) in [5.41, 5.74) is 12.4. The Morgan fingerprint density at radius 3 is 2.57 bits per heavy atom. The summed E-state index contributed by atoms with van der Waals surface area (Å²) in [5, 5.41) is 3.09. The van der Waals surface area contributed by atoms with Gasteiger partial charge in [-0.05, 0) is 24.1 Å². The zero-order valence-electron chi connectivity index (χ0n) is 14.5. The molecule has 0 saturated carbocycles. The summed E-state index contributed by atoms with van der Waals surface area (Å²) in [6.45, 7) is 8.32. The number of nitrogens with zero attached hydrogens (tertiary/aromatic N) is 1. The minimum Gasteiger partial charge on any atom is -0.491 e. The second kappa shape index (κ2) is 8.91. The lowest BCUT2D eigenvalue weighted by atomic mass is 10.1. The number of nitrogens with one attached hydrogen (secondary N) is 1. The minimum atomic E-state index is 0.161. The van der Waals surface area contributed by atoms with Crippen LogP contribution in [0.25, 0.3) is 0 Å². The average molecular weight is 317 g/mol. The second-order valence-electron chi connectivity index (χ2n) is 5.22. The van der Waals surface area contributed by atoms with Crippen molar-refractivity contribution in [2.24, 2.45) is 0 Å². The molecule has 0 aliphatic carbocycles. The zero-order valence-corrected chi connectivity index (χ0v) is 14.5. The van der Waals surface area contributed by atoms with Crippen LogP contribution in [0.5, 0.6) is 0 Å². The number of anilines is 3. The van der Waals surface area contributed by atoms with E-state index in [-0.39, 0.29) is 5.78 Å². The van der Waals surface area contributed by atoms with E-state index in [1.807, 2.05) is 31.0 Å². The average Bonchev–Trinajstić information content (AvgIpc) is 2.57. The molecule has 0 radical (unpaired) electrons. The van der Waals surface area contributed by atoms with Gasteiger partial charge in [0.2, 0.25) is 0 Å². The van der Waals surface area contributed by atoms with Crippen molar-refractivity contribution >= 4 is 22.8 Å². The van der Waals surface area contributed by atoms with Crippen molar-refractivity contribution in [1.29, 1.82) is 0 Å². The molecule has 0 fully saturated rings. The maximum Gasteiger partial charge on any atom is 0.156 e. The summed E-state index contributed by atoms with van der Waals surface area (Å²) in [6, 6.07) is 3.93. The molecular weight excluding hydrogens is 290 g/mol. The highest BCUT2D eigenvalue weighted by Gasteiger charge is 2.17. The number of ether oxygens (including phenoxy) is 1. The Balaban J connectivity index is 3.33. The number of hydrogen-bond donors (Lipinski definition) is 2. The molecule has 0 bridgehead atoms. The maximum atomic E-state index is 12.0. The molecule has 1 aromatic carbocycles. The van der Waals surface area contributed by atoms with Gasteiger partial charge in [-0.15, -0.1) is 0 Å². The van der Waals surface area contributed by atoms with Gasteiger partial charge in [-0.3, -0.25) is 4.79 Å². The predicted molar refractivity (Wildman–Crippen MR) is 97.0 cm³/mol. The summed E-state index contributed by atoms with van der Waals surface area (Å²) < 4.78 is 5.27. The van der Waals surface area contributed by atoms with Crippen LogP contribution in [-0.4, -0.2) is 33.0 Å². The first-order chi connectivity index (χ1) is 11.0. The molecule has 1 rings (SSSR count). The van der Waals surface area contributed by atoms with Crippen LogP contribution < -0.4 is 16.0 Å². The van der Waals surface area contributed by atoms with E-state index in [9.17, 15) is 4.79 Å². The van der Waals surface area contributed by atoms with Crippen LogP contribution in [0.3, 0.4) is 0 Å². The van der Waals surface area contributed by atoms with Crippen LogP contribution in [0.2, 0.25) is 0 Å². The topological polar surface area (TPSA) is 67.6 Å². The Morgan fingerprint density at radius 2 is 2.09 bits per heavy atom. The molecular formula is C18H27N3O2. The number of hydrogen-bond acceptors (Lipinski definition) is 5. The fourth-order valence-corrected chi connectivity index (χ4v) is 2.36. The normalized spacial score (nSPS) is 9.91. The number of nitrogens with two attached hydrogens (primary N) is 1. The molecule has 23 heavy (non-hydrogen) atoms. The van der Waals surface area contributed by atoms with Crippen LogP contribution in [0.4, 0.5) is 17.1 Å². The van der Waals surface area contributed by atoms with Gasteiger partial charge in [0.15, 0.2) is 11.5 Å². The summed E-state index contributed by atoms with van der Waals surface area (Å²) in [6.07, 6.45) is 1.31. The fourth-order valence-electron chi connectivity index (χ4n) is 2.36. The van der Waals surface area contributed by atoms with E-state index in [0.29, 0.717) is 31.0 Å². The van der Waals surface area contributed by atoms with Gasteiger partial charge in [0.1, 0.15) is 0 Å². The third kappa shape index (κ3) is 4.80. The Labute approximate surface area is 138 Å². The molecule has 1 aromatic rings. The van der Waals surface area contributed by atoms with Gasteiger partial charge >= 0.3 is 0 Å². The van der Waals surface area contributed by atoms with Gasteiger partial charge in [-0.1, -0.05) is 26.2 Å². The van der Waals surface area contributed by atoms with Crippen molar-refractivity contribution in [2.45, 2.75) is 26.7 Å². The van der Waals surface area contributed by atoms with E-state index in [4.69, 9.17) is 10.5 Å². The number of Topliss-reactive ketones (excluding diaryl/α,β-unsaturated/α-hetero) is 1. The van der Waals surface area contributed by atoms with Crippen LogP contribution >= 0.6 is 0 Å². The van der Waals surface area contributed by atoms with E-state index in [1.165, 1.54) is 0 Å². The Hall–Kier alpha value is -2.39. The SMILES string of the molecule is C=C=C(CN(CC(=O)CC)c1cc(NC)c(N)cc1CC)OC. The molecule has 0 amide bonds. The Morgan fingerprint density at radius 1 is 1.39 bits per heavy atom. The van der Waals surface area contributed by atoms with Crippen LogP contribution in [-0.2, 0) is 16.0 Å². The van der Waals surface area contributed by atoms with Gasteiger partial charge in [0, 0.05) is 19.2 Å². The lowest BCUT2D eigenvalue weighted by Crippen LogP contribution is -2.32. The minimum absolute atomic E-state index is 0.161. The quantitative estimate of drug-likeness (QED) is 0.416. The lowest BCUT2D eigenvalue weighted by Gasteiger charge is -2.27. The monoisotopic (exact) mass is 317 g/mol. The molecule has 0 aromatic heterocycles.